The molecule has 0 aliphatic heterocycles. The van der Waals surface area contributed by atoms with E-state index < -0.39 is 5.82 Å². The molecule has 1 aliphatic carbocycles. The summed E-state index contributed by atoms with van der Waals surface area (Å²) in [5, 5.41) is 0. The lowest BCUT2D eigenvalue weighted by atomic mass is 9.89. The minimum atomic E-state index is -0.524. The second-order valence-electron chi connectivity index (χ2n) is 5.37. The lowest BCUT2D eigenvalue weighted by Gasteiger charge is -2.27. The van der Waals surface area contributed by atoms with Gasteiger partial charge in [0.2, 0.25) is 0 Å². The second kappa shape index (κ2) is 5.68. The van der Waals surface area contributed by atoms with Gasteiger partial charge >= 0.3 is 0 Å². The quantitative estimate of drug-likeness (QED) is 0.776. The Kier molecular flexibility index (Phi) is 3.74. The number of carbonyl (C=O) groups is 1. The van der Waals surface area contributed by atoms with E-state index in [0.29, 0.717) is 5.75 Å². The van der Waals surface area contributed by atoms with Crippen LogP contribution < -0.4 is 4.74 Å². The Morgan fingerprint density at radius 3 is 2.81 bits per heavy atom. The fourth-order valence-corrected chi connectivity index (χ4v) is 2.93. The molecule has 3 heteroatoms. The number of hydrogen-bond acceptors (Lipinski definition) is 2. The minimum Gasteiger partial charge on any atom is -0.485 e. The van der Waals surface area contributed by atoms with E-state index in [2.05, 4.69) is 6.07 Å². The van der Waals surface area contributed by atoms with Crippen LogP contribution in [-0.4, -0.2) is 5.78 Å². The average molecular weight is 284 g/mol. The molecule has 2 aromatic carbocycles. The predicted octanol–water partition coefficient (Wildman–Crippen LogP) is 4.48. The first-order valence-corrected chi connectivity index (χ1v) is 7.20. The van der Waals surface area contributed by atoms with Crippen LogP contribution in [0.4, 0.5) is 4.39 Å². The third-order valence-electron chi connectivity index (χ3n) is 3.91. The van der Waals surface area contributed by atoms with Gasteiger partial charge in [-0.3, -0.25) is 4.79 Å². The summed E-state index contributed by atoms with van der Waals surface area (Å²) in [5.41, 5.74) is 2.46. The molecule has 1 unspecified atom stereocenters. The van der Waals surface area contributed by atoms with Gasteiger partial charge in [-0.1, -0.05) is 30.3 Å². The number of rotatable bonds is 3. The van der Waals surface area contributed by atoms with Crippen LogP contribution in [0.2, 0.25) is 0 Å². The van der Waals surface area contributed by atoms with Gasteiger partial charge in [0.05, 0.1) is 5.56 Å². The molecule has 0 aromatic heterocycles. The molecule has 0 bridgehead atoms. The third-order valence-corrected chi connectivity index (χ3v) is 3.91. The average Bonchev–Trinajstić information content (AvgIpc) is 2.47. The van der Waals surface area contributed by atoms with Crippen molar-refractivity contribution in [3.05, 3.63) is 65.0 Å². The Labute approximate surface area is 123 Å². The molecule has 1 atom stereocenters. The SMILES string of the molecule is CC(=O)c1c(F)cccc1OC1CCCc2ccccc21. The molecule has 2 nitrogen and oxygen atoms in total. The van der Waals surface area contributed by atoms with Crippen molar-refractivity contribution < 1.29 is 13.9 Å². The van der Waals surface area contributed by atoms with Gasteiger partial charge in [-0.05, 0) is 49.4 Å². The van der Waals surface area contributed by atoms with E-state index in [1.165, 1.54) is 18.6 Å². The summed E-state index contributed by atoms with van der Waals surface area (Å²) < 4.78 is 19.8. The first-order chi connectivity index (χ1) is 10.2. The first-order valence-electron chi connectivity index (χ1n) is 7.20. The van der Waals surface area contributed by atoms with E-state index >= 15 is 0 Å². The Bertz CT molecular complexity index is 679. The van der Waals surface area contributed by atoms with Crippen LogP contribution in [0.1, 0.15) is 47.4 Å². The van der Waals surface area contributed by atoms with Crippen molar-refractivity contribution in [1.82, 2.24) is 0 Å². The Balaban J connectivity index is 1.96. The summed E-state index contributed by atoms with van der Waals surface area (Å²) in [5.74, 6) is -0.500. The normalized spacial score (nSPS) is 17.1. The molecule has 0 saturated carbocycles. The molecule has 1 aliphatic rings. The molecule has 0 spiro atoms. The van der Waals surface area contributed by atoms with Gasteiger partial charge in [0.1, 0.15) is 17.7 Å². The van der Waals surface area contributed by atoms with Crippen molar-refractivity contribution in [2.75, 3.05) is 0 Å². The lowest BCUT2D eigenvalue weighted by molar-refractivity contribution is 0.0999. The number of benzene rings is 2. The summed E-state index contributed by atoms with van der Waals surface area (Å²) in [6.45, 7) is 1.36. The zero-order valence-corrected chi connectivity index (χ0v) is 11.9. The zero-order chi connectivity index (χ0) is 14.8. The van der Waals surface area contributed by atoms with E-state index in [0.717, 1.165) is 24.8 Å². The molecule has 108 valence electrons. The number of Topliss-reactive ketones (excluding diaryl/α,β-unsaturated/α-hetero) is 1. The molecule has 0 heterocycles. The number of ether oxygens (including phenoxy) is 1. The van der Waals surface area contributed by atoms with E-state index in [9.17, 15) is 9.18 Å². The predicted molar refractivity (Wildman–Crippen MR) is 79.2 cm³/mol. The summed E-state index contributed by atoms with van der Waals surface area (Å²) in [4.78, 5) is 11.7. The first kappa shape index (κ1) is 13.8. The highest BCUT2D eigenvalue weighted by Crippen LogP contribution is 2.35. The van der Waals surface area contributed by atoms with Crippen LogP contribution >= 0.6 is 0 Å². The number of carbonyl (C=O) groups excluding carboxylic acids is 1. The highest BCUT2D eigenvalue weighted by atomic mass is 19.1. The summed E-state index contributed by atoms with van der Waals surface area (Å²) in [6, 6.07) is 12.7. The zero-order valence-electron chi connectivity index (χ0n) is 11.9. The standard InChI is InChI=1S/C18H17FO2/c1-12(20)18-15(19)9-5-11-17(18)21-16-10-4-7-13-6-2-3-8-14(13)16/h2-3,5-6,8-9,11,16H,4,7,10H2,1H3. The van der Waals surface area contributed by atoms with Gasteiger partial charge in [0.25, 0.3) is 0 Å². The van der Waals surface area contributed by atoms with Gasteiger partial charge in [-0.15, -0.1) is 0 Å². The fraction of sp³-hybridized carbons (Fsp3) is 0.278. The largest absolute Gasteiger partial charge is 0.485 e. The molecule has 21 heavy (non-hydrogen) atoms. The topological polar surface area (TPSA) is 26.3 Å². The maximum Gasteiger partial charge on any atom is 0.166 e. The van der Waals surface area contributed by atoms with Crippen LogP contribution in [0.5, 0.6) is 5.75 Å². The molecule has 0 amide bonds. The van der Waals surface area contributed by atoms with Gasteiger partial charge < -0.3 is 4.74 Å². The van der Waals surface area contributed by atoms with Crippen molar-refractivity contribution in [1.29, 1.82) is 0 Å². The second-order valence-corrected chi connectivity index (χ2v) is 5.37. The molecular weight excluding hydrogens is 267 g/mol. The van der Waals surface area contributed by atoms with Gasteiger partial charge in [-0.25, -0.2) is 4.39 Å². The van der Waals surface area contributed by atoms with Crippen molar-refractivity contribution >= 4 is 5.78 Å². The van der Waals surface area contributed by atoms with E-state index in [-0.39, 0.29) is 17.5 Å². The Morgan fingerprint density at radius 1 is 1.19 bits per heavy atom. The maximum atomic E-state index is 13.9. The number of aryl methyl sites for hydroxylation is 1. The highest BCUT2D eigenvalue weighted by Gasteiger charge is 2.23. The third kappa shape index (κ3) is 2.68. The van der Waals surface area contributed by atoms with Crippen molar-refractivity contribution in [2.24, 2.45) is 0 Å². The highest BCUT2D eigenvalue weighted by molar-refractivity contribution is 5.97. The fourth-order valence-electron chi connectivity index (χ4n) is 2.93. The van der Waals surface area contributed by atoms with Crippen LogP contribution in [0.3, 0.4) is 0 Å². The summed E-state index contributed by atoms with van der Waals surface area (Å²) >= 11 is 0. The summed E-state index contributed by atoms with van der Waals surface area (Å²) in [6.07, 6.45) is 2.84. The molecule has 0 N–H and O–H groups in total. The van der Waals surface area contributed by atoms with Crippen LogP contribution in [-0.2, 0) is 6.42 Å². The van der Waals surface area contributed by atoms with Gasteiger partial charge in [-0.2, -0.15) is 0 Å². The van der Waals surface area contributed by atoms with Crippen LogP contribution in [0.25, 0.3) is 0 Å². The Morgan fingerprint density at radius 2 is 2.00 bits per heavy atom. The van der Waals surface area contributed by atoms with Gasteiger partial charge in [0, 0.05) is 0 Å². The number of halogens is 1. The monoisotopic (exact) mass is 284 g/mol. The van der Waals surface area contributed by atoms with Crippen molar-refractivity contribution in [3.63, 3.8) is 0 Å². The number of hydrogen-bond donors (Lipinski definition) is 0. The lowest BCUT2D eigenvalue weighted by Crippen LogP contribution is -2.16. The Hall–Kier alpha value is -2.16. The smallest absolute Gasteiger partial charge is 0.166 e. The minimum absolute atomic E-state index is 0.0422. The summed E-state index contributed by atoms with van der Waals surface area (Å²) in [7, 11) is 0. The number of ketones is 1. The van der Waals surface area contributed by atoms with Crippen molar-refractivity contribution in [3.8, 4) is 5.75 Å². The van der Waals surface area contributed by atoms with Crippen LogP contribution in [0, 0.1) is 5.82 Å². The van der Waals surface area contributed by atoms with E-state index in [1.54, 1.807) is 12.1 Å². The van der Waals surface area contributed by atoms with Crippen molar-refractivity contribution in [2.45, 2.75) is 32.3 Å². The van der Waals surface area contributed by atoms with E-state index in [1.807, 2.05) is 18.2 Å². The molecule has 0 radical (unpaired) electrons. The molecule has 3 rings (SSSR count). The van der Waals surface area contributed by atoms with Gasteiger partial charge in [0.15, 0.2) is 5.78 Å². The van der Waals surface area contributed by atoms with E-state index in [4.69, 9.17) is 4.74 Å². The molecule has 0 fully saturated rings. The van der Waals surface area contributed by atoms with Crippen LogP contribution in [0.15, 0.2) is 42.5 Å². The molecule has 0 saturated heterocycles. The maximum absolute atomic E-state index is 13.9. The molecule has 2 aromatic rings. The molecular formula is C18H17FO2. The number of fused-ring (bicyclic) bond motifs is 1.